The molecule has 0 radical (unpaired) electrons. The van der Waals surface area contributed by atoms with Gasteiger partial charge in [0.05, 0.1) is 30.1 Å². The lowest BCUT2D eigenvalue weighted by Gasteiger charge is -2.21. The van der Waals surface area contributed by atoms with E-state index in [4.69, 9.17) is 14.1 Å². The van der Waals surface area contributed by atoms with Crippen molar-refractivity contribution in [3.8, 4) is 17.5 Å². The van der Waals surface area contributed by atoms with Crippen molar-refractivity contribution >= 4 is 23.4 Å². The fraction of sp³-hybridized carbons (Fsp3) is 0.263. The molecular weight excluding hydrogens is 364 g/mol. The van der Waals surface area contributed by atoms with Gasteiger partial charge in [0.1, 0.15) is 5.76 Å². The van der Waals surface area contributed by atoms with E-state index in [1.54, 1.807) is 17.2 Å². The molecule has 7 nitrogen and oxygen atoms in total. The Balaban J connectivity index is 1.67. The highest BCUT2D eigenvalue weighted by molar-refractivity contribution is 7.99. The Morgan fingerprint density at radius 2 is 2.00 bits per heavy atom. The molecule has 0 bridgehead atoms. The smallest absolute Gasteiger partial charge is 0.277 e. The third-order valence-electron chi connectivity index (χ3n) is 3.91. The van der Waals surface area contributed by atoms with Gasteiger partial charge in [-0.3, -0.25) is 4.79 Å². The highest BCUT2D eigenvalue weighted by Gasteiger charge is 2.18. The van der Waals surface area contributed by atoms with E-state index in [0.717, 1.165) is 16.8 Å². The van der Waals surface area contributed by atoms with Gasteiger partial charge in [-0.2, -0.15) is 5.26 Å². The van der Waals surface area contributed by atoms with Gasteiger partial charge < -0.3 is 13.7 Å². The number of anilines is 1. The third kappa shape index (κ3) is 4.57. The lowest BCUT2D eigenvalue weighted by Crippen LogP contribution is -2.33. The van der Waals surface area contributed by atoms with Crippen LogP contribution in [0.15, 0.2) is 50.7 Å². The summed E-state index contributed by atoms with van der Waals surface area (Å²) in [7, 11) is 0. The van der Waals surface area contributed by atoms with Gasteiger partial charge in [-0.1, -0.05) is 29.5 Å². The Bertz CT molecular complexity index is 956. The summed E-state index contributed by atoms with van der Waals surface area (Å²) in [4.78, 5) is 14.3. The summed E-state index contributed by atoms with van der Waals surface area (Å²) in [6, 6.07) is 11.5. The van der Waals surface area contributed by atoms with Gasteiger partial charge in [0.25, 0.3) is 11.1 Å². The van der Waals surface area contributed by atoms with Crippen molar-refractivity contribution in [1.29, 1.82) is 5.26 Å². The van der Waals surface area contributed by atoms with Gasteiger partial charge in [0.15, 0.2) is 0 Å². The number of nitrogens with zero attached hydrogens (tertiary/aromatic N) is 4. The summed E-state index contributed by atoms with van der Waals surface area (Å²) in [6.07, 6.45) is 1.81. The van der Waals surface area contributed by atoms with Crippen LogP contribution in [0.5, 0.6) is 0 Å². The molecule has 0 aliphatic carbocycles. The maximum absolute atomic E-state index is 12.7. The number of amides is 1. The molecule has 0 N–H and O–H groups in total. The lowest BCUT2D eigenvalue weighted by molar-refractivity contribution is -0.116. The molecule has 2 aromatic heterocycles. The van der Waals surface area contributed by atoms with E-state index in [1.165, 1.54) is 11.8 Å². The number of benzene rings is 1. The second-order valence-electron chi connectivity index (χ2n) is 5.84. The number of carbonyl (C=O) groups excluding carboxylic acids is 1. The first kappa shape index (κ1) is 18.7. The van der Waals surface area contributed by atoms with E-state index in [0.29, 0.717) is 23.4 Å². The van der Waals surface area contributed by atoms with Crippen LogP contribution < -0.4 is 4.90 Å². The first-order valence-corrected chi connectivity index (χ1v) is 9.32. The van der Waals surface area contributed by atoms with Crippen LogP contribution in [0.25, 0.3) is 11.5 Å². The van der Waals surface area contributed by atoms with Crippen LogP contribution in [0.4, 0.5) is 5.69 Å². The molecule has 1 amide bonds. The van der Waals surface area contributed by atoms with E-state index in [2.05, 4.69) is 16.3 Å². The number of carbonyl (C=O) groups is 1. The molecule has 27 heavy (non-hydrogen) atoms. The molecule has 1 aromatic carbocycles. The zero-order valence-electron chi connectivity index (χ0n) is 15.0. The highest BCUT2D eigenvalue weighted by atomic mass is 32.2. The van der Waals surface area contributed by atoms with Crippen molar-refractivity contribution in [3.05, 3.63) is 47.9 Å². The number of aryl methyl sites for hydroxylation is 2. The van der Waals surface area contributed by atoms with Crippen LogP contribution in [0.3, 0.4) is 0 Å². The van der Waals surface area contributed by atoms with Crippen LogP contribution in [-0.4, -0.2) is 28.4 Å². The topological polar surface area (TPSA) is 96.2 Å². The molecule has 3 rings (SSSR count). The molecule has 0 atom stereocenters. The summed E-state index contributed by atoms with van der Waals surface area (Å²) in [6.45, 7) is 4.13. The van der Waals surface area contributed by atoms with Crippen LogP contribution in [0.2, 0.25) is 0 Å². The maximum atomic E-state index is 12.7. The minimum atomic E-state index is -0.127. The Hall–Kier alpha value is -3.05. The Morgan fingerprint density at radius 1 is 1.22 bits per heavy atom. The molecule has 0 aliphatic heterocycles. The van der Waals surface area contributed by atoms with Gasteiger partial charge in [0.2, 0.25) is 5.91 Å². The van der Waals surface area contributed by atoms with Gasteiger partial charge >= 0.3 is 0 Å². The van der Waals surface area contributed by atoms with Gasteiger partial charge in [0, 0.05) is 12.2 Å². The van der Waals surface area contributed by atoms with E-state index < -0.39 is 0 Å². The number of hydrogen-bond acceptors (Lipinski definition) is 7. The predicted molar refractivity (Wildman–Crippen MR) is 101 cm³/mol. The Kier molecular flexibility index (Phi) is 5.94. The Labute approximate surface area is 161 Å². The molecule has 0 spiro atoms. The number of nitriles is 1. The molecule has 0 saturated carbocycles. The summed E-state index contributed by atoms with van der Waals surface area (Å²) < 4.78 is 10.8. The van der Waals surface area contributed by atoms with Crippen LogP contribution in [0, 0.1) is 25.2 Å². The molecule has 0 aliphatic rings. The lowest BCUT2D eigenvalue weighted by atomic mass is 10.2. The van der Waals surface area contributed by atoms with Crippen molar-refractivity contribution in [3.63, 3.8) is 0 Å². The van der Waals surface area contributed by atoms with Crippen molar-refractivity contribution in [2.45, 2.75) is 25.5 Å². The number of thioether (sulfide) groups is 1. The number of furan rings is 1. The normalized spacial score (nSPS) is 10.6. The van der Waals surface area contributed by atoms with Crippen molar-refractivity contribution in [1.82, 2.24) is 10.2 Å². The third-order valence-corrected chi connectivity index (χ3v) is 4.71. The molecular formula is C19H18N4O3S. The monoisotopic (exact) mass is 382 g/mol. The predicted octanol–water partition coefficient (Wildman–Crippen LogP) is 3.99. The van der Waals surface area contributed by atoms with E-state index in [1.807, 2.05) is 38.1 Å². The zero-order chi connectivity index (χ0) is 19.2. The average molecular weight is 382 g/mol. The SMILES string of the molecule is Cc1ccc(N(CCC#N)C(=O)CSc2nnc(-c3ccoc3C)o2)cc1. The second-order valence-corrected chi connectivity index (χ2v) is 6.77. The number of aromatic nitrogens is 2. The van der Waals surface area contributed by atoms with E-state index >= 15 is 0 Å². The molecule has 2 heterocycles. The first-order valence-electron chi connectivity index (χ1n) is 8.33. The summed E-state index contributed by atoms with van der Waals surface area (Å²) >= 11 is 1.17. The van der Waals surface area contributed by atoms with Gasteiger partial charge in [-0.15, -0.1) is 10.2 Å². The maximum Gasteiger partial charge on any atom is 0.277 e. The molecule has 3 aromatic rings. The molecule has 0 fully saturated rings. The summed E-state index contributed by atoms with van der Waals surface area (Å²) in [5.74, 6) is 1.05. The standard InChI is InChI=1S/C19H18N4O3S/c1-13-4-6-15(7-5-13)23(10-3-9-20)17(24)12-27-19-22-21-18(26-19)16-8-11-25-14(16)2/h4-8,11H,3,10,12H2,1-2H3. The Morgan fingerprint density at radius 3 is 2.67 bits per heavy atom. The van der Waals surface area contributed by atoms with Crippen molar-refractivity contribution in [2.75, 3.05) is 17.2 Å². The minimum Gasteiger partial charge on any atom is -0.469 e. The fourth-order valence-corrected chi connectivity index (χ4v) is 3.11. The molecule has 138 valence electrons. The van der Waals surface area contributed by atoms with Crippen LogP contribution in [0.1, 0.15) is 17.7 Å². The summed E-state index contributed by atoms with van der Waals surface area (Å²) in [5, 5.41) is 17.2. The fourth-order valence-electron chi connectivity index (χ4n) is 2.47. The van der Waals surface area contributed by atoms with Gasteiger partial charge in [-0.25, -0.2) is 0 Å². The largest absolute Gasteiger partial charge is 0.469 e. The quantitative estimate of drug-likeness (QED) is 0.570. The van der Waals surface area contributed by atoms with E-state index in [-0.39, 0.29) is 18.1 Å². The van der Waals surface area contributed by atoms with Crippen molar-refractivity contribution < 1.29 is 13.6 Å². The first-order chi connectivity index (χ1) is 13.1. The zero-order valence-corrected chi connectivity index (χ0v) is 15.8. The summed E-state index contributed by atoms with van der Waals surface area (Å²) in [5.41, 5.74) is 2.60. The second kappa shape index (κ2) is 8.56. The number of hydrogen-bond donors (Lipinski definition) is 0. The van der Waals surface area contributed by atoms with Crippen LogP contribution in [-0.2, 0) is 4.79 Å². The van der Waals surface area contributed by atoms with Crippen LogP contribution >= 0.6 is 11.8 Å². The van der Waals surface area contributed by atoms with Gasteiger partial charge in [-0.05, 0) is 32.0 Å². The van der Waals surface area contributed by atoms with Crippen molar-refractivity contribution in [2.24, 2.45) is 0 Å². The molecule has 0 unspecified atom stereocenters. The van der Waals surface area contributed by atoms with E-state index in [9.17, 15) is 4.79 Å². The molecule has 8 heteroatoms. The minimum absolute atomic E-state index is 0.127. The number of rotatable bonds is 7. The average Bonchev–Trinajstić information content (AvgIpc) is 3.30. The highest BCUT2D eigenvalue weighted by Crippen LogP contribution is 2.27. The molecule has 0 saturated heterocycles.